The van der Waals surface area contributed by atoms with Crippen LogP contribution in [-0.4, -0.2) is 59.3 Å². The number of para-hydroxylation sites is 1. The standard InChI is InChI=1S/C18H24N4O2/c1-12(2)22(13(3)4)16(23)11-21-15-8-6-5-7-14(15)17-19-9-10-20(17)18(21)24/h5-8,12-13H,9-11H2,1-4H3. The molecule has 0 unspecified atom stereocenters. The Morgan fingerprint density at radius 2 is 1.88 bits per heavy atom. The SMILES string of the molecule is CC(C)N(C(=O)CN1C(=O)N2CCN=C2c2ccccc21)C(C)C. The number of anilines is 1. The molecule has 2 heterocycles. The van der Waals surface area contributed by atoms with Crippen LogP contribution in [0.3, 0.4) is 0 Å². The van der Waals surface area contributed by atoms with Gasteiger partial charge in [0.05, 0.1) is 12.2 Å². The molecule has 0 saturated heterocycles. The molecule has 6 nitrogen and oxygen atoms in total. The monoisotopic (exact) mass is 328 g/mol. The van der Waals surface area contributed by atoms with Crippen molar-refractivity contribution in [3.8, 4) is 0 Å². The van der Waals surface area contributed by atoms with Gasteiger partial charge in [-0.2, -0.15) is 0 Å². The van der Waals surface area contributed by atoms with E-state index in [-0.39, 0.29) is 30.6 Å². The number of hydrogen-bond acceptors (Lipinski definition) is 3. The maximum Gasteiger partial charge on any atom is 0.330 e. The molecular formula is C18H24N4O2. The van der Waals surface area contributed by atoms with Gasteiger partial charge >= 0.3 is 6.03 Å². The van der Waals surface area contributed by atoms with Crippen LogP contribution in [0.2, 0.25) is 0 Å². The molecule has 2 aliphatic heterocycles. The lowest BCUT2D eigenvalue weighted by molar-refractivity contribution is -0.133. The van der Waals surface area contributed by atoms with Crippen molar-refractivity contribution in [1.82, 2.24) is 9.80 Å². The zero-order valence-electron chi connectivity index (χ0n) is 14.7. The van der Waals surface area contributed by atoms with Gasteiger partial charge in [-0.25, -0.2) is 4.79 Å². The van der Waals surface area contributed by atoms with Crippen LogP contribution < -0.4 is 4.90 Å². The van der Waals surface area contributed by atoms with E-state index in [1.807, 2.05) is 56.9 Å². The van der Waals surface area contributed by atoms with Crippen molar-refractivity contribution < 1.29 is 9.59 Å². The number of amides is 3. The minimum atomic E-state index is -0.161. The van der Waals surface area contributed by atoms with E-state index in [1.54, 1.807) is 9.80 Å². The van der Waals surface area contributed by atoms with Gasteiger partial charge < -0.3 is 4.90 Å². The fraction of sp³-hybridized carbons (Fsp3) is 0.500. The van der Waals surface area contributed by atoms with Gasteiger partial charge in [0.1, 0.15) is 12.4 Å². The second kappa shape index (κ2) is 6.26. The Morgan fingerprint density at radius 3 is 2.54 bits per heavy atom. The molecule has 0 aromatic heterocycles. The summed E-state index contributed by atoms with van der Waals surface area (Å²) in [6.07, 6.45) is 0. The van der Waals surface area contributed by atoms with Gasteiger partial charge in [-0.05, 0) is 39.8 Å². The van der Waals surface area contributed by atoms with Crippen molar-refractivity contribution in [2.45, 2.75) is 39.8 Å². The van der Waals surface area contributed by atoms with E-state index in [4.69, 9.17) is 0 Å². The third kappa shape index (κ3) is 2.66. The summed E-state index contributed by atoms with van der Waals surface area (Å²) in [5.41, 5.74) is 1.68. The highest BCUT2D eigenvalue weighted by Gasteiger charge is 2.38. The first-order valence-corrected chi connectivity index (χ1v) is 8.46. The third-order valence-electron chi connectivity index (χ3n) is 4.43. The molecular weight excluding hydrogens is 304 g/mol. The molecule has 3 rings (SSSR count). The Morgan fingerprint density at radius 1 is 1.21 bits per heavy atom. The van der Waals surface area contributed by atoms with Gasteiger partial charge in [0.2, 0.25) is 5.91 Å². The molecule has 2 aliphatic rings. The highest BCUT2D eigenvalue weighted by atomic mass is 16.2. The van der Waals surface area contributed by atoms with Crippen LogP contribution in [0.25, 0.3) is 0 Å². The molecule has 6 heteroatoms. The lowest BCUT2D eigenvalue weighted by Gasteiger charge is -2.37. The lowest BCUT2D eigenvalue weighted by Crippen LogP contribution is -2.54. The fourth-order valence-electron chi connectivity index (χ4n) is 3.55. The Balaban J connectivity index is 1.93. The smallest absolute Gasteiger partial charge is 0.330 e. The number of nitrogens with zero attached hydrogens (tertiary/aromatic N) is 4. The summed E-state index contributed by atoms with van der Waals surface area (Å²) < 4.78 is 0. The Labute approximate surface area is 142 Å². The van der Waals surface area contributed by atoms with E-state index < -0.39 is 0 Å². The molecule has 1 aromatic carbocycles. The van der Waals surface area contributed by atoms with Crippen molar-refractivity contribution in [2.24, 2.45) is 4.99 Å². The molecule has 128 valence electrons. The largest absolute Gasteiger partial charge is 0.336 e. The molecule has 0 radical (unpaired) electrons. The van der Waals surface area contributed by atoms with Gasteiger partial charge in [-0.1, -0.05) is 12.1 Å². The zero-order chi connectivity index (χ0) is 17.4. The maximum absolute atomic E-state index is 12.9. The summed E-state index contributed by atoms with van der Waals surface area (Å²) in [5, 5.41) is 0. The molecule has 0 bridgehead atoms. The second-order valence-corrected chi connectivity index (χ2v) is 6.73. The zero-order valence-corrected chi connectivity index (χ0v) is 14.7. The molecule has 3 amide bonds. The van der Waals surface area contributed by atoms with Crippen molar-refractivity contribution in [3.63, 3.8) is 0 Å². The first kappa shape index (κ1) is 16.5. The Hall–Kier alpha value is -2.37. The number of aliphatic imine (C=N–C) groups is 1. The van der Waals surface area contributed by atoms with Gasteiger partial charge in [-0.3, -0.25) is 19.6 Å². The van der Waals surface area contributed by atoms with Crippen molar-refractivity contribution >= 4 is 23.5 Å². The first-order valence-electron chi connectivity index (χ1n) is 8.46. The lowest BCUT2D eigenvalue weighted by atomic mass is 10.1. The number of carbonyl (C=O) groups excluding carboxylic acids is 2. The number of hydrogen-bond donors (Lipinski definition) is 0. The Kier molecular flexibility index (Phi) is 4.30. The number of rotatable bonds is 4. The van der Waals surface area contributed by atoms with Crippen LogP contribution in [-0.2, 0) is 4.79 Å². The van der Waals surface area contributed by atoms with Crippen LogP contribution in [0, 0.1) is 0 Å². The van der Waals surface area contributed by atoms with E-state index in [1.165, 1.54) is 0 Å². The second-order valence-electron chi connectivity index (χ2n) is 6.73. The van der Waals surface area contributed by atoms with Crippen LogP contribution in [0.1, 0.15) is 33.3 Å². The number of benzene rings is 1. The van der Waals surface area contributed by atoms with E-state index >= 15 is 0 Å². The number of urea groups is 1. The molecule has 0 atom stereocenters. The molecule has 0 fully saturated rings. The van der Waals surface area contributed by atoms with Gasteiger partial charge in [0.25, 0.3) is 0 Å². The maximum atomic E-state index is 12.9. The van der Waals surface area contributed by atoms with Gasteiger partial charge in [0.15, 0.2) is 0 Å². The summed E-state index contributed by atoms with van der Waals surface area (Å²) >= 11 is 0. The third-order valence-corrected chi connectivity index (χ3v) is 4.43. The highest BCUT2D eigenvalue weighted by molar-refractivity contribution is 6.20. The molecule has 24 heavy (non-hydrogen) atoms. The van der Waals surface area contributed by atoms with E-state index in [0.29, 0.717) is 13.1 Å². The van der Waals surface area contributed by atoms with E-state index in [0.717, 1.165) is 17.1 Å². The predicted molar refractivity (Wildman–Crippen MR) is 94.4 cm³/mol. The van der Waals surface area contributed by atoms with Crippen molar-refractivity contribution in [1.29, 1.82) is 0 Å². The van der Waals surface area contributed by atoms with Crippen molar-refractivity contribution in [3.05, 3.63) is 29.8 Å². The normalized spacial score (nSPS) is 16.4. The number of carbonyl (C=O) groups is 2. The summed E-state index contributed by atoms with van der Waals surface area (Å²) in [4.78, 5) is 35.2. The minimum absolute atomic E-state index is 0.0391. The van der Waals surface area contributed by atoms with E-state index in [9.17, 15) is 9.59 Å². The minimum Gasteiger partial charge on any atom is -0.336 e. The first-order chi connectivity index (χ1) is 11.4. The van der Waals surface area contributed by atoms with E-state index in [2.05, 4.69) is 4.99 Å². The van der Waals surface area contributed by atoms with Crippen LogP contribution >= 0.6 is 0 Å². The molecule has 0 spiro atoms. The number of amidine groups is 1. The summed E-state index contributed by atoms with van der Waals surface area (Å²) in [7, 11) is 0. The molecule has 1 aromatic rings. The molecule has 0 N–H and O–H groups in total. The molecule has 0 saturated carbocycles. The van der Waals surface area contributed by atoms with Crippen LogP contribution in [0.5, 0.6) is 0 Å². The summed E-state index contributed by atoms with van der Waals surface area (Å²) in [6.45, 7) is 9.22. The van der Waals surface area contributed by atoms with Gasteiger partial charge in [0, 0.05) is 24.2 Å². The quantitative estimate of drug-likeness (QED) is 0.852. The fourth-order valence-corrected chi connectivity index (χ4v) is 3.55. The predicted octanol–water partition coefficient (Wildman–Crippen LogP) is 2.33. The summed E-state index contributed by atoms with van der Waals surface area (Å²) in [6, 6.07) is 7.69. The highest BCUT2D eigenvalue weighted by Crippen LogP contribution is 2.30. The average molecular weight is 328 g/mol. The topological polar surface area (TPSA) is 56.2 Å². The van der Waals surface area contributed by atoms with Crippen molar-refractivity contribution in [2.75, 3.05) is 24.5 Å². The Bertz CT molecular complexity index is 688. The molecule has 0 aliphatic carbocycles. The van der Waals surface area contributed by atoms with Crippen LogP contribution in [0.4, 0.5) is 10.5 Å². The van der Waals surface area contributed by atoms with Gasteiger partial charge in [-0.15, -0.1) is 0 Å². The number of fused-ring (bicyclic) bond motifs is 3. The summed E-state index contributed by atoms with van der Waals surface area (Å²) in [5.74, 6) is 0.687. The van der Waals surface area contributed by atoms with Crippen LogP contribution in [0.15, 0.2) is 29.3 Å². The average Bonchev–Trinajstić information content (AvgIpc) is 3.00.